The molecule has 3 N–H and O–H groups in total. The maximum atomic E-state index is 12.6. The third-order valence-corrected chi connectivity index (χ3v) is 3.64. The lowest BCUT2D eigenvalue weighted by Crippen LogP contribution is -2.43. The highest BCUT2D eigenvalue weighted by Gasteiger charge is 2.52. The summed E-state index contributed by atoms with van der Waals surface area (Å²) in [5, 5.41) is 11.6. The van der Waals surface area contributed by atoms with Crippen LogP contribution in [0.2, 0.25) is 0 Å². The lowest BCUT2D eigenvalue weighted by Gasteiger charge is -2.26. The van der Waals surface area contributed by atoms with Crippen molar-refractivity contribution in [3.05, 3.63) is 35.9 Å². The number of nitrogens with zero attached hydrogens (tertiary/aromatic N) is 2. The molecule has 102 valence electrons. The van der Waals surface area contributed by atoms with E-state index < -0.39 is 5.41 Å². The summed E-state index contributed by atoms with van der Waals surface area (Å²) < 4.78 is 0. The molecule has 5 heteroatoms. The van der Waals surface area contributed by atoms with Crippen LogP contribution in [0.15, 0.2) is 35.5 Å². The summed E-state index contributed by atoms with van der Waals surface area (Å²) in [4.78, 5) is 14.3. The van der Waals surface area contributed by atoms with Gasteiger partial charge in [-0.3, -0.25) is 4.79 Å². The summed E-state index contributed by atoms with van der Waals surface area (Å²) in [6.07, 6.45) is 1.73. The lowest BCUT2D eigenvalue weighted by molar-refractivity contribution is -0.133. The number of carbonyl (C=O) groups is 1. The number of oxime groups is 1. The van der Waals surface area contributed by atoms with E-state index in [1.165, 1.54) is 0 Å². The summed E-state index contributed by atoms with van der Waals surface area (Å²) in [7, 11) is 0. The molecule has 1 saturated carbocycles. The highest BCUT2D eigenvalue weighted by atomic mass is 16.4. The highest BCUT2D eigenvalue weighted by molar-refractivity contribution is 5.94. The Morgan fingerprint density at radius 3 is 2.53 bits per heavy atom. The summed E-state index contributed by atoms with van der Waals surface area (Å²) in [5.74, 6) is 0.117. The van der Waals surface area contributed by atoms with Crippen LogP contribution in [0.3, 0.4) is 0 Å². The first-order valence-electron chi connectivity index (χ1n) is 6.45. The van der Waals surface area contributed by atoms with Gasteiger partial charge in [-0.1, -0.05) is 35.5 Å². The van der Waals surface area contributed by atoms with Crippen LogP contribution >= 0.6 is 0 Å². The topological polar surface area (TPSA) is 78.9 Å². The van der Waals surface area contributed by atoms with Gasteiger partial charge < -0.3 is 15.8 Å². The van der Waals surface area contributed by atoms with E-state index >= 15 is 0 Å². The average molecular weight is 261 g/mol. The van der Waals surface area contributed by atoms with Gasteiger partial charge in [-0.05, 0) is 25.3 Å². The average Bonchev–Trinajstić information content (AvgIpc) is 3.26. The zero-order chi connectivity index (χ0) is 13.9. The van der Waals surface area contributed by atoms with Gasteiger partial charge in [0.1, 0.15) is 0 Å². The number of benzene rings is 1. The van der Waals surface area contributed by atoms with Crippen molar-refractivity contribution in [1.29, 1.82) is 0 Å². The Balaban J connectivity index is 2.19. The molecule has 1 aromatic rings. The Morgan fingerprint density at radius 2 is 2.05 bits per heavy atom. The lowest BCUT2D eigenvalue weighted by atomic mass is 9.94. The standard InChI is InChI=1S/C14H19N3O2/c1-2-17(10-12(15)16-19)13(18)14(8-9-14)11-6-4-3-5-7-11/h3-7,19H,2,8-10H2,1H3,(H2,15,16). The molecule has 0 aromatic heterocycles. The second kappa shape index (κ2) is 5.30. The number of likely N-dealkylation sites (N-methyl/N-ethyl adjacent to an activating group) is 1. The van der Waals surface area contributed by atoms with Crippen molar-refractivity contribution in [3.8, 4) is 0 Å². The molecule has 1 aliphatic rings. The maximum Gasteiger partial charge on any atom is 0.233 e. The van der Waals surface area contributed by atoms with Crippen LogP contribution in [0.5, 0.6) is 0 Å². The number of carbonyl (C=O) groups excluding carboxylic acids is 1. The van der Waals surface area contributed by atoms with E-state index in [1.807, 2.05) is 37.3 Å². The van der Waals surface area contributed by atoms with E-state index in [0.29, 0.717) is 6.54 Å². The fraction of sp³-hybridized carbons (Fsp3) is 0.429. The monoisotopic (exact) mass is 261 g/mol. The molecule has 0 bridgehead atoms. The number of amides is 1. The quantitative estimate of drug-likeness (QED) is 0.363. The normalized spacial score (nSPS) is 17.0. The van der Waals surface area contributed by atoms with E-state index in [0.717, 1.165) is 18.4 Å². The Labute approximate surface area is 112 Å². The van der Waals surface area contributed by atoms with Crippen LogP contribution in [0.25, 0.3) is 0 Å². The first kappa shape index (κ1) is 13.4. The van der Waals surface area contributed by atoms with Crippen LogP contribution in [0.4, 0.5) is 0 Å². The van der Waals surface area contributed by atoms with Crippen molar-refractivity contribution in [2.75, 3.05) is 13.1 Å². The number of hydrogen-bond acceptors (Lipinski definition) is 3. The number of amidine groups is 1. The van der Waals surface area contributed by atoms with Gasteiger partial charge in [0.2, 0.25) is 5.91 Å². The van der Waals surface area contributed by atoms with E-state index in [-0.39, 0.29) is 18.3 Å². The summed E-state index contributed by atoms with van der Waals surface area (Å²) in [5.41, 5.74) is 6.15. The van der Waals surface area contributed by atoms with E-state index in [4.69, 9.17) is 10.9 Å². The fourth-order valence-corrected chi connectivity index (χ4v) is 2.37. The van der Waals surface area contributed by atoms with Crippen LogP contribution < -0.4 is 5.73 Å². The predicted molar refractivity (Wildman–Crippen MR) is 73.0 cm³/mol. The van der Waals surface area contributed by atoms with Gasteiger partial charge in [-0.15, -0.1) is 0 Å². The maximum absolute atomic E-state index is 12.6. The van der Waals surface area contributed by atoms with Gasteiger partial charge in [0.25, 0.3) is 0 Å². The minimum Gasteiger partial charge on any atom is -0.409 e. The Kier molecular flexibility index (Phi) is 3.74. The Hall–Kier alpha value is -2.04. The van der Waals surface area contributed by atoms with Crippen molar-refractivity contribution in [2.45, 2.75) is 25.2 Å². The first-order valence-corrected chi connectivity index (χ1v) is 6.45. The molecule has 1 fully saturated rings. The second-order valence-corrected chi connectivity index (χ2v) is 4.86. The van der Waals surface area contributed by atoms with Crippen LogP contribution in [0, 0.1) is 0 Å². The minimum atomic E-state index is -0.396. The van der Waals surface area contributed by atoms with Crippen molar-refractivity contribution < 1.29 is 10.0 Å². The summed E-state index contributed by atoms with van der Waals surface area (Å²) in [6.45, 7) is 2.60. The largest absolute Gasteiger partial charge is 0.409 e. The third kappa shape index (κ3) is 2.54. The third-order valence-electron chi connectivity index (χ3n) is 3.64. The van der Waals surface area contributed by atoms with Crippen molar-refractivity contribution >= 4 is 11.7 Å². The van der Waals surface area contributed by atoms with Gasteiger partial charge in [0.15, 0.2) is 5.84 Å². The highest BCUT2D eigenvalue weighted by Crippen LogP contribution is 2.49. The zero-order valence-corrected chi connectivity index (χ0v) is 11.0. The van der Waals surface area contributed by atoms with Gasteiger partial charge in [0, 0.05) is 6.54 Å². The molecule has 0 saturated heterocycles. The van der Waals surface area contributed by atoms with Crippen LogP contribution in [-0.2, 0) is 10.2 Å². The number of nitrogens with two attached hydrogens (primary N) is 1. The second-order valence-electron chi connectivity index (χ2n) is 4.86. The molecule has 1 amide bonds. The first-order chi connectivity index (χ1) is 9.14. The summed E-state index contributed by atoms with van der Waals surface area (Å²) in [6, 6.07) is 9.81. The van der Waals surface area contributed by atoms with Crippen molar-refractivity contribution in [1.82, 2.24) is 4.90 Å². The van der Waals surface area contributed by atoms with Crippen molar-refractivity contribution in [3.63, 3.8) is 0 Å². The van der Waals surface area contributed by atoms with Gasteiger partial charge in [-0.25, -0.2) is 0 Å². The van der Waals surface area contributed by atoms with Crippen LogP contribution in [-0.4, -0.2) is 34.9 Å². The molecule has 0 heterocycles. The molecule has 0 radical (unpaired) electrons. The predicted octanol–water partition coefficient (Wildman–Crippen LogP) is 1.31. The molecule has 2 rings (SSSR count). The smallest absolute Gasteiger partial charge is 0.233 e. The van der Waals surface area contributed by atoms with Crippen LogP contribution in [0.1, 0.15) is 25.3 Å². The molecule has 5 nitrogen and oxygen atoms in total. The SMILES string of the molecule is CCN(CC(N)=NO)C(=O)C1(c2ccccc2)CC1. The fourth-order valence-electron chi connectivity index (χ4n) is 2.37. The van der Waals surface area contributed by atoms with Gasteiger partial charge >= 0.3 is 0 Å². The van der Waals surface area contributed by atoms with E-state index in [2.05, 4.69) is 5.16 Å². The molecule has 0 unspecified atom stereocenters. The van der Waals surface area contributed by atoms with Gasteiger partial charge in [0.05, 0.1) is 12.0 Å². The molecule has 0 spiro atoms. The number of hydrogen-bond donors (Lipinski definition) is 2. The Morgan fingerprint density at radius 1 is 1.42 bits per heavy atom. The molecule has 1 aromatic carbocycles. The van der Waals surface area contributed by atoms with E-state index in [9.17, 15) is 4.79 Å². The Bertz CT molecular complexity index is 481. The number of rotatable bonds is 5. The molecular weight excluding hydrogens is 242 g/mol. The van der Waals surface area contributed by atoms with Crippen molar-refractivity contribution in [2.24, 2.45) is 10.9 Å². The molecule has 0 aliphatic heterocycles. The summed E-state index contributed by atoms with van der Waals surface area (Å²) >= 11 is 0. The minimum absolute atomic E-state index is 0.0547. The molecule has 19 heavy (non-hydrogen) atoms. The zero-order valence-electron chi connectivity index (χ0n) is 11.0. The molecular formula is C14H19N3O2. The molecule has 0 atom stereocenters. The van der Waals surface area contributed by atoms with Gasteiger partial charge in [-0.2, -0.15) is 0 Å². The molecule has 1 aliphatic carbocycles. The van der Waals surface area contributed by atoms with E-state index in [1.54, 1.807) is 4.90 Å².